The van der Waals surface area contributed by atoms with Crippen LogP contribution < -0.4 is 0 Å². The van der Waals surface area contributed by atoms with Crippen LogP contribution in [0.15, 0.2) is 18.2 Å². The third-order valence-electron chi connectivity index (χ3n) is 1.16. The molecule has 0 aromatic heterocycles. The highest BCUT2D eigenvalue weighted by Gasteiger charge is 2.10. The van der Waals surface area contributed by atoms with Gasteiger partial charge < -0.3 is 0 Å². The molecule has 11 heavy (non-hydrogen) atoms. The van der Waals surface area contributed by atoms with Crippen LogP contribution >= 0.6 is 34.2 Å². The Morgan fingerprint density at radius 1 is 1.55 bits per heavy atom. The van der Waals surface area contributed by atoms with Crippen LogP contribution in [0.25, 0.3) is 0 Å². The third-order valence-corrected chi connectivity index (χ3v) is 2.20. The van der Waals surface area contributed by atoms with E-state index in [1.165, 1.54) is 6.07 Å². The standard InChI is InChI=1S/C7H3ClFIO/c8-7(11)4-2-1-3-5(10)6(4)9/h1-3H. The minimum atomic E-state index is -0.763. The molecule has 1 rings (SSSR count). The van der Waals surface area contributed by atoms with Crippen molar-refractivity contribution in [3.05, 3.63) is 33.1 Å². The Hall–Kier alpha value is -0.160. The Bertz CT molecular complexity index is 300. The van der Waals surface area contributed by atoms with Gasteiger partial charge in [-0.15, -0.1) is 0 Å². The van der Waals surface area contributed by atoms with Crippen LogP contribution in [-0.2, 0) is 0 Å². The maximum absolute atomic E-state index is 12.9. The summed E-state index contributed by atoms with van der Waals surface area (Å²) in [7, 11) is 0. The molecule has 0 spiro atoms. The molecule has 0 amide bonds. The SMILES string of the molecule is O=C(Cl)c1cccc(I)c1F. The summed E-state index contributed by atoms with van der Waals surface area (Å²) in [5.41, 5.74) is -0.0708. The fourth-order valence-corrected chi connectivity index (χ4v) is 1.30. The largest absolute Gasteiger partial charge is 0.275 e. The lowest BCUT2D eigenvalue weighted by Crippen LogP contribution is -1.95. The zero-order valence-electron chi connectivity index (χ0n) is 5.27. The van der Waals surface area contributed by atoms with Gasteiger partial charge in [0.2, 0.25) is 0 Å². The predicted molar refractivity (Wildman–Crippen MR) is 49.3 cm³/mol. The van der Waals surface area contributed by atoms with Gasteiger partial charge in [0.05, 0.1) is 5.56 Å². The molecule has 0 aliphatic heterocycles. The first kappa shape index (κ1) is 8.93. The van der Waals surface area contributed by atoms with Crippen molar-refractivity contribution in [2.24, 2.45) is 0 Å². The molecule has 0 aliphatic rings. The fraction of sp³-hybridized carbons (Fsp3) is 0. The molecular formula is C7H3ClFIO. The lowest BCUT2D eigenvalue weighted by Gasteiger charge is -1.97. The summed E-state index contributed by atoms with van der Waals surface area (Å²) in [5.74, 6) is -0.548. The summed E-state index contributed by atoms with van der Waals surface area (Å²) in [6.45, 7) is 0. The number of carbonyl (C=O) groups excluding carboxylic acids is 1. The van der Waals surface area contributed by atoms with E-state index in [4.69, 9.17) is 11.6 Å². The van der Waals surface area contributed by atoms with Crippen LogP contribution in [0.4, 0.5) is 4.39 Å². The maximum atomic E-state index is 12.9. The van der Waals surface area contributed by atoms with E-state index in [1.54, 1.807) is 34.7 Å². The summed E-state index contributed by atoms with van der Waals surface area (Å²) in [5, 5.41) is -0.763. The van der Waals surface area contributed by atoms with E-state index in [9.17, 15) is 9.18 Å². The summed E-state index contributed by atoms with van der Waals surface area (Å²) in [4.78, 5) is 10.5. The first-order chi connectivity index (χ1) is 5.13. The van der Waals surface area contributed by atoms with Gasteiger partial charge >= 0.3 is 0 Å². The van der Waals surface area contributed by atoms with Crippen molar-refractivity contribution >= 4 is 39.4 Å². The Kier molecular flexibility index (Phi) is 2.84. The van der Waals surface area contributed by atoms with Gasteiger partial charge in [0.25, 0.3) is 5.24 Å². The average molecular weight is 284 g/mol. The zero-order chi connectivity index (χ0) is 8.43. The van der Waals surface area contributed by atoms with E-state index in [0.717, 1.165) is 0 Å². The Morgan fingerprint density at radius 2 is 2.18 bits per heavy atom. The minimum absolute atomic E-state index is 0.0708. The van der Waals surface area contributed by atoms with Crippen LogP contribution in [0.5, 0.6) is 0 Å². The Labute approximate surface area is 81.7 Å². The molecule has 0 unspecified atom stereocenters. The minimum Gasteiger partial charge on any atom is -0.275 e. The summed E-state index contributed by atoms with van der Waals surface area (Å²) in [6.07, 6.45) is 0. The number of hydrogen-bond donors (Lipinski definition) is 0. The van der Waals surface area contributed by atoms with Crippen molar-refractivity contribution in [3.8, 4) is 0 Å². The van der Waals surface area contributed by atoms with E-state index in [2.05, 4.69) is 0 Å². The molecule has 1 aromatic rings. The molecule has 0 fully saturated rings. The first-order valence-corrected chi connectivity index (χ1v) is 4.22. The van der Waals surface area contributed by atoms with Crippen LogP contribution in [0.3, 0.4) is 0 Å². The predicted octanol–water partition coefficient (Wildman–Crippen LogP) is 2.81. The highest BCUT2D eigenvalue weighted by Crippen LogP contribution is 2.16. The molecule has 0 heterocycles. The molecule has 0 radical (unpaired) electrons. The molecule has 0 N–H and O–H groups in total. The lowest BCUT2D eigenvalue weighted by molar-refractivity contribution is 0.107. The van der Waals surface area contributed by atoms with E-state index < -0.39 is 11.1 Å². The zero-order valence-corrected chi connectivity index (χ0v) is 8.19. The van der Waals surface area contributed by atoms with Crippen molar-refractivity contribution in [3.63, 3.8) is 0 Å². The molecule has 58 valence electrons. The van der Waals surface area contributed by atoms with Gasteiger partial charge in [-0.25, -0.2) is 4.39 Å². The molecule has 4 heteroatoms. The molecular weight excluding hydrogens is 281 g/mol. The number of carbonyl (C=O) groups is 1. The van der Waals surface area contributed by atoms with Gasteiger partial charge in [-0.3, -0.25) is 4.79 Å². The van der Waals surface area contributed by atoms with Crippen LogP contribution in [0.2, 0.25) is 0 Å². The van der Waals surface area contributed by atoms with Gasteiger partial charge in [-0.05, 0) is 46.3 Å². The summed E-state index contributed by atoms with van der Waals surface area (Å²) >= 11 is 6.90. The summed E-state index contributed by atoms with van der Waals surface area (Å²) in [6, 6.07) is 4.51. The molecule has 1 nitrogen and oxygen atoms in total. The second-order valence-electron chi connectivity index (χ2n) is 1.88. The number of halogens is 3. The molecule has 0 aliphatic carbocycles. The van der Waals surface area contributed by atoms with E-state index in [1.807, 2.05) is 0 Å². The van der Waals surface area contributed by atoms with Crippen LogP contribution in [0, 0.1) is 9.39 Å². The smallest absolute Gasteiger partial charge is 0.255 e. The second-order valence-corrected chi connectivity index (χ2v) is 3.38. The van der Waals surface area contributed by atoms with Crippen molar-refractivity contribution in [1.29, 1.82) is 0 Å². The fourth-order valence-electron chi connectivity index (χ4n) is 0.656. The van der Waals surface area contributed by atoms with Crippen molar-refractivity contribution < 1.29 is 9.18 Å². The van der Waals surface area contributed by atoms with Gasteiger partial charge in [0, 0.05) is 3.57 Å². The first-order valence-electron chi connectivity index (χ1n) is 2.77. The molecule has 0 saturated carbocycles. The third kappa shape index (κ3) is 1.90. The topological polar surface area (TPSA) is 17.1 Å². The van der Waals surface area contributed by atoms with E-state index in [-0.39, 0.29) is 5.56 Å². The van der Waals surface area contributed by atoms with Crippen molar-refractivity contribution in [1.82, 2.24) is 0 Å². The number of hydrogen-bond acceptors (Lipinski definition) is 1. The van der Waals surface area contributed by atoms with Gasteiger partial charge in [0.15, 0.2) is 0 Å². The van der Waals surface area contributed by atoms with E-state index >= 15 is 0 Å². The monoisotopic (exact) mass is 284 g/mol. The molecule has 1 aromatic carbocycles. The molecule has 0 atom stereocenters. The highest BCUT2D eigenvalue weighted by molar-refractivity contribution is 14.1. The Balaban J connectivity index is 3.27. The van der Waals surface area contributed by atoms with E-state index in [0.29, 0.717) is 3.57 Å². The highest BCUT2D eigenvalue weighted by atomic mass is 127. The number of rotatable bonds is 1. The van der Waals surface area contributed by atoms with Crippen molar-refractivity contribution in [2.75, 3.05) is 0 Å². The lowest BCUT2D eigenvalue weighted by atomic mass is 10.2. The van der Waals surface area contributed by atoms with Gasteiger partial charge in [-0.2, -0.15) is 0 Å². The van der Waals surface area contributed by atoms with Gasteiger partial charge in [0.1, 0.15) is 5.82 Å². The van der Waals surface area contributed by atoms with Crippen LogP contribution in [-0.4, -0.2) is 5.24 Å². The normalized spacial score (nSPS) is 9.73. The summed E-state index contributed by atoms with van der Waals surface area (Å²) < 4.78 is 13.3. The van der Waals surface area contributed by atoms with Crippen LogP contribution in [0.1, 0.15) is 10.4 Å². The molecule has 0 bridgehead atoms. The second kappa shape index (κ2) is 3.49. The average Bonchev–Trinajstić information content (AvgIpc) is 1.94. The maximum Gasteiger partial charge on any atom is 0.255 e. The van der Waals surface area contributed by atoms with Crippen molar-refractivity contribution in [2.45, 2.75) is 0 Å². The van der Waals surface area contributed by atoms with Gasteiger partial charge in [-0.1, -0.05) is 6.07 Å². The quantitative estimate of drug-likeness (QED) is 0.572. The number of benzene rings is 1. The molecule has 0 saturated heterocycles. The Morgan fingerprint density at radius 3 is 2.64 bits per heavy atom.